The third kappa shape index (κ3) is 4.13. The average molecular weight is 311 g/mol. The SMILES string of the molecule is CCCNc1nnc(CN2CC(=O)N(CCC)CC2=O)s1. The van der Waals surface area contributed by atoms with Gasteiger partial charge in [-0.1, -0.05) is 25.2 Å². The van der Waals surface area contributed by atoms with Crippen LogP contribution in [0.25, 0.3) is 0 Å². The number of carbonyl (C=O) groups excluding carboxylic acids is 2. The second kappa shape index (κ2) is 7.35. The fourth-order valence-electron chi connectivity index (χ4n) is 2.10. The molecule has 0 unspecified atom stereocenters. The maximum Gasteiger partial charge on any atom is 0.243 e. The van der Waals surface area contributed by atoms with Gasteiger partial charge in [-0.25, -0.2) is 0 Å². The molecule has 1 saturated heterocycles. The first-order valence-electron chi connectivity index (χ1n) is 7.25. The van der Waals surface area contributed by atoms with Gasteiger partial charge < -0.3 is 15.1 Å². The number of nitrogens with zero attached hydrogens (tertiary/aromatic N) is 4. The highest BCUT2D eigenvalue weighted by molar-refractivity contribution is 7.15. The number of nitrogens with one attached hydrogen (secondary N) is 1. The Kier molecular flexibility index (Phi) is 5.49. The minimum atomic E-state index is -0.0266. The van der Waals surface area contributed by atoms with Crippen LogP contribution in [0.1, 0.15) is 31.7 Å². The van der Waals surface area contributed by atoms with Crippen molar-refractivity contribution in [3.05, 3.63) is 5.01 Å². The molecular formula is C13H21N5O2S. The Bertz CT molecular complexity index is 505. The molecule has 0 spiro atoms. The van der Waals surface area contributed by atoms with E-state index in [4.69, 9.17) is 0 Å². The van der Waals surface area contributed by atoms with Gasteiger partial charge in [0.15, 0.2) is 0 Å². The van der Waals surface area contributed by atoms with E-state index in [1.807, 2.05) is 6.92 Å². The number of rotatable bonds is 7. The third-order valence-corrected chi connectivity index (χ3v) is 4.04. The zero-order valence-electron chi connectivity index (χ0n) is 12.5. The number of carbonyl (C=O) groups is 2. The second-order valence-corrected chi connectivity index (χ2v) is 6.05. The Hall–Kier alpha value is -1.70. The van der Waals surface area contributed by atoms with E-state index < -0.39 is 0 Å². The van der Waals surface area contributed by atoms with E-state index in [-0.39, 0.29) is 24.9 Å². The van der Waals surface area contributed by atoms with Gasteiger partial charge in [0.05, 0.1) is 13.1 Å². The van der Waals surface area contributed by atoms with Gasteiger partial charge in [0.1, 0.15) is 11.6 Å². The molecule has 0 saturated carbocycles. The number of anilines is 1. The molecule has 0 aromatic carbocycles. The first-order valence-corrected chi connectivity index (χ1v) is 8.07. The number of amides is 2. The Balaban J connectivity index is 1.92. The van der Waals surface area contributed by atoms with Crippen LogP contribution in [-0.2, 0) is 16.1 Å². The van der Waals surface area contributed by atoms with Crippen molar-refractivity contribution < 1.29 is 9.59 Å². The van der Waals surface area contributed by atoms with E-state index in [1.54, 1.807) is 9.80 Å². The summed E-state index contributed by atoms with van der Waals surface area (Å²) in [5, 5.41) is 12.8. The van der Waals surface area contributed by atoms with Crippen LogP contribution in [0.2, 0.25) is 0 Å². The van der Waals surface area contributed by atoms with Crippen LogP contribution < -0.4 is 5.32 Å². The molecule has 2 amide bonds. The summed E-state index contributed by atoms with van der Waals surface area (Å²) in [5.74, 6) is -0.0217. The molecule has 1 aliphatic rings. The van der Waals surface area contributed by atoms with Gasteiger partial charge in [0.2, 0.25) is 16.9 Å². The lowest BCUT2D eigenvalue weighted by molar-refractivity contribution is -0.150. The molecule has 1 N–H and O–H groups in total. The summed E-state index contributed by atoms with van der Waals surface area (Å²) in [6.07, 6.45) is 1.88. The molecule has 0 radical (unpaired) electrons. The normalized spacial score (nSPS) is 15.7. The molecule has 1 aromatic heterocycles. The van der Waals surface area contributed by atoms with E-state index in [0.717, 1.165) is 29.5 Å². The van der Waals surface area contributed by atoms with Gasteiger partial charge in [-0.05, 0) is 12.8 Å². The summed E-state index contributed by atoms with van der Waals surface area (Å²) in [4.78, 5) is 27.2. The molecule has 2 heterocycles. The van der Waals surface area contributed by atoms with Crippen molar-refractivity contribution in [2.24, 2.45) is 0 Å². The first kappa shape index (κ1) is 15.7. The molecule has 1 aromatic rings. The average Bonchev–Trinajstić information content (AvgIpc) is 2.90. The summed E-state index contributed by atoms with van der Waals surface area (Å²) < 4.78 is 0. The summed E-state index contributed by atoms with van der Waals surface area (Å²) in [5.41, 5.74) is 0. The monoisotopic (exact) mass is 311 g/mol. The molecule has 0 aliphatic carbocycles. The molecule has 2 rings (SSSR count). The first-order chi connectivity index (χ1) is 10.1. The largest absolute Gasteiger partial charge is 0.360 e. The van der Waals surface area contributed by atoms with E-state index in [0.29, 0.717) is 13.1 Å². The predicted octanol–water partition coefficient (Wildman–Crippen LogP) is 0.941. The fraction of sp³-hybridized carbons (Fsp3) is 0.692. The Morgan fingerprint density at radius 2 is 1.81 bits per heavy atom. The second-order valence-electron chi connectivity index (χ2n) is 4.99. The van der Waals surface area contributed by atoms with Gasteiger partial charge in [0, 0.05) is 13.1 Å². The lowest BCUT2D eigenvalue weighted by atomic mass is 10.2. The van der Waals surface area contributed by atoms with Crippen molar-refractivity contribution in [3.8, 4) is 0 Å². The summed E-state index contributed by atoms with van der Waals surface area (Å²) >= 11 is 1.43. The molecule has 0 bridgehead atoms. The van der Waals surface area contributed by atoms with Crippen LogP contribution >= 0.6 is 11.3 Å². The molecular weight excluding hydrogens is 290 g/mol. The molecule has 7 nitrogen and oxygen atoms in total. The van der Waals surface area contributed by atoms with Gasteiger partial charge in [-0.15, -0.1) is 10.2 Å². The van der Waals surface area contributed by atoms with Crippen molar-refractivity contribution in [3.63, 3.8) is 0 Å². The molecule has 0 atom stereocenters. The maximum atomic E-state index is 12.1. The Morgan fingerprint density at radius 1 is 1.10 bits per heavy atom. The number of hydrogen-bond acceptors (Lipinski definition) is 6. The Morgan fingerprint density at radius 3 is 2.52 bits per heavy atom. The minimum Gasteiger partial charge on any atom is -0.360 e. The van der Waals surface area contributed by atoms with Gasteiger partial charge in [-0.2, -0.15) is 0 Å². The lowest BCUT2D eigenvalue weighted by Gasteiger charge is -2.33. The number of aromatic nitrogens is 2. The van der Waals surface area contributed by atoms with Crippen molar-refractivity contribution in [1.82, 2.24) is 20.0 Å². The molecule has 116 valence electrons. The number of hydrogen-bond donors (Lipinski definition) is 1. The van der Waals surface area contributed by atoms with Crippen LogP contribution in [0.15, 0.2) is 0 Å². The van der Waals surface area contributed by atoms with E-state index in [1.165, 1.54) is 11.3 Å². The maximum absolute atomic E-state index is 12.1. The summed E-state index contributed by atoms with van der Waals surface area (Å²) in [6, 6.07) is 0. The van der Waals surface area contributed by atoms with Crippen molar-refractivity contribution in [2.45, 2.75) is 33.2 Å². The molecule has 8 heteroatoms. The van der Waals surface area contributed by atoms with E-state index in [9.17, 15) is 9.59 Å². The topological polar surface area (TPSA) is 78.4 Å². The van der Waals surface area contributed by atoms with E-state index in [2.05, 4.69) is 22.4 Å². The van der Waals surface area contributed by atoms with Gasteiger partial charge >= 0.3 is 0 Å². The van der Waals surface area contributed by atoms with Crippen LogP contribution in [0.3, 0.4) is 0 Å². The highest BCUT2D eigenvalue weighted by Crippen LogP contribution is 2.18. The van der Waals surface area contributed by atoms with Crippen LogP contribution in [0.5, 0.6) is 0 Å². The zero-order chi connectivity index (χ0) is 15.2. The third-order valence-electron chi connectivity index (χ3n) is 3.17. The van der Waals surface area contributed by atoms with Crippen molar-refractivity contribution >= 4 is 28.3 Å². The predicted molar refractivity (Wildman–Crippen MR) is 81.0 cm³/mol. The fourth-order valence-corrected chi connectivity index (χ4v) is 2.89. The molecule has 1 fully saturated rings. The van der Waals surface area contributed by atoms with Gasteiger partial charge in [-0.3, -0.25) is 9.59 Å². The van der Waals surface area contributed by atoms with Crippen molar-refractivity contribution in [2.75, 3.05) is 31.5 Å². The molecule has 21 heavy (non-hydrogen) atoms. The molecule has 1 aliphatic heterocycles. The minimum absolute atomic E-state index is 0.00490. The summed E-state index contributed by atoms with van der Waals surface area (Å²) in [7, 11) is 0. The van der Waals surface area contributed by atoms with Crippen LogP contribution in [-0.4, -0.2) is 58.0 Å². The van der Waals surface area contributed by atoms with E-state index >= 15 is 0 Å². The lowest BCUT2D eigenvalue weighted by Crippen LogP contribution is -2.53. The quantitative estimate of drug-likeness (QED) is 0.811. The van der Waals surface area contributed by atoms with Crippen LogP contribution in [0.4, 0.5) is 5.13 Å². The van der Waals surface area contributed by atoms with Gasteiger partial charge in [0.25, 0.3) is 0 Å². The highest BCUT2D eigenvalue weighted by Gasteiger charge is 2.29. The number of piperazine rings is 1. The Labute approximate surface area is 128 Å². The van der Waals surface area contributed by atoms with Crippen molar-refractivity contribution in [1.29, 1.82) is 0 Å². The summed E-state index contributed by atoms with van der Waals surface area (Å²) in [6.45, 7) is 6.23. The smallest absolute Gasteiger partial charge is 0.243 e. The highest BCUT2D eigenvalue weighted by atomic mass is 32.1. The zero-order valence-corrected chi connectivity index (χ0v) is 13.3. The van der Waals surface area contributed by atoms with Crippen LogP contribution in [0, 0.1) is 0 Å². The standard InChI is InChI=1S/C13H21N5O2S/c1-3-5-14-13-16-15-10(21-13)7-18-9-11(19)17(6-4-2)8-12(18)20/h3-9H2,1-2H3,(H,14,16).